The molecule has 0 fully saturated rings. The van der Waals surface area contributed by atoms with Crippen LogP contribution < -0.4 is 0 Å². The SMILES string of the molecule is C=C[C@@H](OC)[C@@H](O[Si](C)(C)C(C)(C)C)[C@H](C)CO. The van der Waals surface area contributed by atoms with Gasteiger partial charge >= 0.3 is 0 Å². The van der Waals surface area contributed by atoms with E-state index in [-0.39, 0.29) is 29.8 Å². The Morgan fingerprint density at radius 3 is 2.11 bits per heavy atom. The van der Waals surface area contributed by atoms with Crippen LogP contribution >= 0.6 is 0 Å². The predicted octanol–water partition coefficient (Wildman–Crippen LogP) is 3.21. The second kappa shape index (κ2) is 6.85. The lowest BCUT2D eigenvalue weighted by molar-refractivity contribution is -0.0172. The molecule has 0 unspecified atom stereocenters. The van der Waals surface area contributed by atoms with Gasteiger partial charge in [-0.1, -0.05) is 33.8 Å². The Kier molecular flexibility index (Phi) is 6.78. The van der Waals surface area contributed by atoms with Crippen molar-refractivity contribution in [2.45, 2.75) is 58.0 Å². The highest BCUT2D eigenvalue weighted by Crippen LogP contribution is 2.38. The summed E-state index contributed by atoms with van der Waals surface area (Å²) in [6, 6.07) is 0. The molecule has 3 nitrogen and oxygen atoms in total. The number of ether oxygens (including phenoxy) is 1. The third-order valence-electron chi connectivity index (χ3n) is 3.91. The molecule has 0 aromatic carbocycles. The molecule has 0 heterocycles. The van der Waals surface area contributed by atoms with E-state index in [0.29, 0.717) is 0 Å². The van der Waals surface area contributed by atoms with Gasteiger partial charge in [0.15, 0.2) is 8.32 Å². The predicted molar refractivity (Wildman–Crippen MR) is 79.3 cm³/mol. The minimum absolute atomic E-state index is 0.0297. The Hall–Kier alpha value is -0.163. The van der Waals surface area contributed by atoms with Crippen LogP contribution in [0.5, 0.6) is 0 Å². The van der Waals surface area contributed by atoms with Gasteiger partial charge in [-0.15, -0.1) is 6.58 Å². The van der Waals surface area contributed by atoms with E-state index in [4.69, 9.17) is 9.16 Å². The fourth-order valence-corrected chi connectivity index (χ4v) is 2.89. The maximum absolute atomic E-state index is 9.39. The van der Waals surface area contributed by atoms with E-state index in [9.17, 15) is 5.11 Å². The van der Waals surface area contributed by atoms with Crippen molar-refractivity contribution in [3.05, 3.63) is 12.7 Å². The number of rotatable bonds is 7. The number of methoxy groups -OCH3 is 1. The number of hydrogen-bond acceptors (Lipinski definition) is 3. The van der Waals surface area contributed by atoms with E-state index >= 15 is 0 Å². The molecule has 0 amide bonds. The summed E-state index contributed by atoms with van der Waals surface area (Å²) >= 11 is 0. The molecule has 0 radical (unpaired) electrons. The number of hydrogen-bond donors (Lipinski definition) is 1. The topological polar surface area (TPSA) is 38.7 Å². The van der Waals surface area contributed by atoms with Gasteiger partial charge in [-0.2, -0.15) is 0 Å². The molecule has 0 rings (SSSR count). The van der Waals surface area contributed by atoms with Crippen molar-refractivity contribution in [3.63, 3.8) is 0 Å². The zero-order chi connectivity index (χ0) is 14.6. The van der Waals surface area contributed by atoms with Crippen molar-refractivity contribution in [2.75, 3.05) is 13.7 Å². The first-order valence-corrected chi connectivity index (χ1v) is 9.45. The van der Waals surface area contributed by atoms with Crippen molar-refractivity contribution in [1.82, 2.24) is 0 Å². The first-order chi connectivity index (χ1) is 8.10. The lowest BCUT2D eigenvalue weighted by atomic mass is 10.0. The van der Waals surface area contributed by atoms with Crippen LogP contribution in [-0.2, 0) is 9.16 Å². The molecule has 0 saturated heterocycles. The van der Waals surface area contributed by atoms with Crippen molar-refractivity contribution in [1.29, 1.82) is 0 Å². The van der Waals surface area contributed by atoms with Crippen molar-refractivity contribution in [3.8, 4) is 0 Å². The van der Waals surface area contributed by atoms with Gasteiger partial charge in [0.05, 0.1) is 6.10 Å². The molecular formula is C14H30O3Si. The Bertz CT molecular complexity index is 258. The molecule has 0 aliphatic rings. The van der Waals surface area contributed by atoms with Gasteiger partial charge < -0.3 is 14.3 Å². The summed E-state index contributed by atoms with van der Waals surface area (Å²) in [7, 11) is -0.230. The highest BCUT2D eigenvalue weighted by Gasteiger charge is 2.41. The zero-order valence-corrected chi connectivity index (χ0v) is 14.0. The van der Waals surface area contributed by atoms with E-state index in [0.717, 1.165) is 0 Å². The third-order valence-corrected chi connectivity index (χ3v) is 8.39. The molecule has 0 saturated carbocycles. The highest BCUT2D eigenvalue weighted by molar-refractivity contribution is 6.74. The average molecular weight is 274 g/mol. The minimum Gasteiger partial charge on any atom is -0.411 e. The van der Waals surface area contributed by atoms with Crippen LogP contribution in [0.2, 0.25) is 18.1 Å². The third kappa shape index (κ3) is 4.50. The molecule has 0 aliphatic heterocycles. The van der Waals surface area contributed by atoms with Crippen molar-refractivity contribution in [2.24, 2.45) is 5.92 Å². The summed E-state index contributed by atoms with van der Waals surface area (Å²) in [6.45, 7) is 16.9. The summed E-state index contributed by atoms with van der Waals surface area (Å²) in [5, 5.41) is 9.53. The van der Waals surface area contributed by atoms with Gasteiger partial charge in [0, 0.05) is 19.6 Å². The first kappa shape index (κ1) is 17.8. The van der Waals surface area contributed by atoms with Crippen LogP contribution in [0.15, 0.2) is 12.7 Å². The fraction of sp³-hybridized carbons (Fsp3) is 0.857. The molecule has 18 heavy (non-hydrogen) atoms. The second-order valence-corrected chi connectivity index (χ2v) is 11.2. The van der Waals surface area contributed by atoms with Gasteiger partial charge in [0.1, 0.15) is 6.10 Å². The molecule has 0 aromatic rings. The highest BCUT2D eigenvalue weighted by atomic mass is 28.4. The smallest absolute Gasteiger partial charge is 0.192 e. The standard InChI is InChI=1S/C14H30O3Si/c1-9-12(16-6)13(11(2)10-15)17-18(7,8)14(3,4)5/h9,11-13,15H,1,10H2,2-8H3/t11-,12-,13+/m1/s1. The Balaban J connectivity index is 5.06. The fourth-order valence-electron chi connectivity index (χ4n) is 1.49. The van der Waals surface area contributed by atoms with Gasteiger partial charge in [-0.05, 0) is 18.1 Å². The largest absolute Gasteiger partial charge is 0.411 e. The molecule has 0 spiro atoms. The molecule has 0 bridgehead atoms. The Labute approximate surface area is 113 Å². The monoisotopic (exact) mass is 274 g/mol. The van der Waals surface area contributed by atoms with Crippen LogP contribution in [-0.4, -0.2) is 39.3 Å². The summed E-state index contributed by atoms with van der Waals surface area (Å²) in [6.07, 6.45) is 1.43. The molecule has 3 atom stereocenters. The van der Waals surface area contributed by atoms with Gasteiger partial charge in [0.2, 0.25) is 0 Å². The summed E-state index contributed by atoms with van der Waals surface area (Å²) in [5.41, 5.74) is 0. The number of aliphatic hydroxyl groups excluding tert-OH is 1. The molecule has 4 heteroatoms. The van der Waals surface area contributed by atoms with Gasteiger partial charge in [0.25, 0.3) is 0 Å². The summed E-state index contributed by atoms with van der Waals surface area (Å²) < 4.78 is 11.8. The maximum atomic E-state index is 9.39. The number of aliphatic hydroxyl groups is 1. The van der Waals surface area contributed by atoms with Crippen LogP contribution in [0.4, 0.5) is 0 Å². The Morgan fingerprint density at radius 1 is 1.33 bits per heavy atom. The minimum atomic E-state index is -1.88. The van der Waals surface area contributed by atoms with E-state index < -0.39 is 8.32 Å². The maximum Gasteiger partial charge on any atom is 0.192 e. The van der Waals surface area contributed by atoms with Crippen LogP contribution in [0.1, 0.15) is 27.7 Å². The second-order valence-electron chi connectivity index (χ2n) is 6.44. The van der Waals surface area contributed by atoms with Crippen LogP contribution in [0.25, 0.3) is 0 Å². The summed E-state index contributed by atoms with van der Waals surface area (Å²) in [5.74, 6) is 0.0297. The molecule has 108 valence electrons. The van der Waals surface area contributed by atoms with E-state index in [2.05, 4.69) is 40.4 Å². The van der Waals surface area contributed by atoms with E-state index in [1.807, 2.05) is 6.92 Å². The lowest BCUT2D eigenvalue weighted by Gasteiger charge is -2.42. The van der Waals surface area contributed by atoms with Crippen molar-refractivity contribution >= 4 is 8.32 Å². The molecule has 0 aromatic heterocycles. The molecular weight excluding hydrogens is 244 g/mol. The van der Waals surface area contributed by atoms with Gasteiger partial charge in [-0.25, -0.2) is 0 Å². The quantitative estimate of drug-likeness (QED) is 0.572. The molecule has 0 aliphatic carbocycles. The van der Waals surface area contributed by atoms with E-state index in [1.165, 1.54) is 0 Å². The van der Waals surface area contributed by atoms with Crippen LogP contribution in [0, 0.1) is 5.92 Å². The normalized spacial score (nSPS) is 18.2. The Morgan fingerprint density at radius 2 is 1.83 bits per heavy atom. The summed E-state index contributed by atoms with van der Waals surface area (Å²) in [4.78, 5) is 0. The van der Waals surface area contributed by atoms with Crippen molar-refractivity contribution < 1.29 is 14.3 Å². The lowest BCUT2D eigenvalue weighted by Crippen LogP contribution is -2.49. The molecule has 1 N–H and O–H groups in total. The van der Waals surface area contributed by atoms with Crippen LogP contribution in [0.3, 0.4) is 0 Å². The van der Waals surface area contributed by atoms with E-state index in [1.54, 1.807) is 13.2 Å². The zero-order valence-electron chi connectivity index (χ0n) is 13.0. The average Bonchev–Trinajstić information content (AvgIpc) is 2.26. The van der Waals surface area contributed by atoms with Gasteiger partial charge in [-0.3, -0.25) is 0 Å². The first-order valence-electron chi connectivity index (χ1n) is 6.54.